The number of likely N-dealkylation sites (tertiary alicyclic amines) is 1. The Morgan fingerprint density at radius 1 is 0.966 bits per heavy atom. The van der Waals surface area contributed by atoms with Crippen molar-refractivity contribution in [1.82, 2.24) is 5.32 Å². The van der Waals surface area contributed by atoms with Crippen LogP contribution in [0.2, 0.25) is 0 Å². The topological polar surface area (TPSA) is 62.6 Å². The molecule has 1 aliphatic heterocycles. The fraction of sp³-hybridized carbons (Fsp3) is 0.417. The van der Waals surface area contributed by atoms with Crippen LogP contribution in [0.4, 0.5) is 5.69 Å². The van der Waals surface area contributed by atoms with E-state index in [1.807, 2.05) is 42.5 Å². The van der Waals surface area contributed by atoms with Gasteiger partial charge in [-0.1, -0.05) is 56.3 Å². The maximum atomic E-state index is 12.6. The highest BCUT2D eigenvalue weighted by Gasteiger charge is 2.27. The predicted octanol–water partition coefficient (Wildman–Crippen LogP) is 2.16. The molecule has 2 amide bonds. The van der Waals surface area contributed by atoms with E-state index in [9.17, 15) is 9.59 Å². The first kappa shape index (κ1) is 21.1. The monoisotopic (exact) mass is 394 g/mol. The molecule has 3 rings (SSSR count). The largest absolute Gasteiger partial charge is 0.352 e. The van der Waals surface area contributed by atoms with Crippen LogP contribution in [-0.4, -0.2) is 38.0 Å². The van der Waals surface area contributed by atoms with Gasteiger partial charge < -0.3 is 15.5 Å². The molecule has 5 heteroatoms. The van der Waals surface area contributed by atoms with Gasteiger partial charge in [0.2, 0.25) is 0 Å². The van der Waals surface area contributed by atoms with Crippen LogP contribution in [0.15, 0.2) is 54.6 Å². The molecule has 1 fully saturated rings. The second-order valence-electron chi connectivity index (χ2n) is 8.37. The number of nitrogens with one attached hydrogen (secondary N) is 3. The molecule has 0 bridgehead atoms. The molecule has 5 nitrogen and oxygen atoms in total. The van der Waals surface area contributed by atoms with Gasteiger partial charge in [0.05, 0.1) is 24.3 Å². The summed E-state index contributed by atoms with van der Waals surface area (Å²) in [5.41, 5.74) is 2.26. The molecular weight excluding hydrogens is 362 g/mol. The van der Waals surface area contributed by atoms with E-state index in [2.05, 4.69) is 24.5 Å². The Morgan fingerprint density at radius 3 is 2.34 bits per heavy atom. The second kappa shape index (κ2) is 10.2. The highest BCUT2D eigenvalue weighted by molar-refractivity contribution is 6.03. The lowest BCUT2D eigenvalue weighted by molar-refractivity contribution is -0.904. The molecule has 3 N–H and O–H groups in total. The average molecular weight is 395 g/mol. The van der Waals surface area contributed by atoms with Crippen LogP contribution in [0.25, 0.3) is 0 Å². The molecule has 0 aliphatic carbocycles. The van der Waals surface area contributed by atoms with Crippen LogP contribution < -0.4 is 15.5 Å². The Hall–Kier alpha value is -2.66. The van der Waals surface area contributed by atoms with E-state index >= 15 is 0 Å². The Morgan fingerprint density at radius 2 is 1.62 bits per heavy atom. The molecule has 0 saturated carbocycles. The van der Waals surface area contributed by atoms with Gasteiger partial charge in [0, 0.05) is 18.4 Å². The summed E-state index contributed by atoms with van der Waals surface area (Å²) < 4.78 is 0. The SMILES string of the molecule is C[C@@H]1C[C@H](C)C[NH+](CC(=O)Nc2ccccc2C(=O)NCCc2ccccc2)C1. The van der Waals surface area contributed by atoms with E-state index in [0.29, 0.717) is 36.2 Å². The van der Waals surface area contributed by atoms with Crippen LogP contribution in [0.5, 0.6) is 0 Å². The Kier molecular flexibility index (Phi) is 7.42. The fourth-order valence-corrected chi connectivity index (χ4v) is 4.34. The molecule has 1 heterocycles. The third kappa shape index (κ3) is 6.43. The number of rotatable bonds is 7. The molecule has 154 valence electrons. The molecule has 29 heavy (non-hydrogen) atoms. The van der Waals surface area contributed by atoms with E-state index < -0.39 is 0 Å². The minimum atomic E-state index is -0.163. The first-order valence-corrected chi connectivity index (χ1v) is 10.6. The van der Waals surface area contributed by atoms with Gasteiger partial charge in [-0.05, 0) is 30.5 Å². The number of benzene rings is 2. The van der Waals surface area contributed by atoms with Crippen LogP contribution >= 0.6 is 0 Å². The number of anilines is 1. The lowest BCUT2D eigenvalue weighted by atomic mass is 9.92. The zero-order valence-electron chi connectivity index (χ0n) is 17.4. The van der Waals surface area contributed by atoms with Crippen molar-refractivity contribution >= 4 is 17.5 Å². The van der Waals surface area contributed by atoms with Crippen LogP contribution in [0, 0.1) is 11.8 Å². The summed E-state index contributed by atoms with van der Waals surface area (Å²) in [5.74, 6) is 1.09. The number of carbonyl (C=O) groups excluding carboxylic acids is 2. The quantitative estimate of drug-likeness (QED) is 0.674. The number of para-hydroxylation sites is 1. The minimum absolute atomic E-state index is 0.0363. The first-order chi connectivity index (χ1) is 14.0. The van der Waals surface area contributed by atoms with Crippen molar-refractivity contribution in [2.45, 2.75) is 26.7 Å². The molecule has 1 aliphatic rings. The predicted molar refractivity (Wildman–Crippen MR) is 116 cm³/mol. The summed E-state index contributed by atoms with van der Waals surface area (Å²) in [6, 6.07) is 17.3. The van der Waals surface area contributed by atoms with Crippen molar-refractivity contribution in [1.29, 1.82) is 0 Å². The van der Waals surface area contributed by atoms with E-state index in [1.165, 1.54) is 16.9 Å². The van der Waals surface area contributed by atoms with Gasteiger partial charge in [0.15, 0.2) is 6.54 Å². The number of amides is 2. The standard InChI is InChI=1S/C24H31N3O2/c1-18-14-19(2)16-27(15-18)17-23(28)26-22-11-7-6-10-21(22)24(29)25-13-12-20-8-4-3-5-9-20/h3-11,18-19H,12-17H2,1-2H3,(H,25,29)(H,26,28)/p+1/t18-,19+. The van der Waals surface area contributed by atoms with Gasteiger partial charge in [-0.2, -0.15) is 0 Å². The number of quaternary nitrogens is 1. The summed E-state index contributed by atoms with van der Waals surface area (Å²) in [7, 11) is 0. The lowest BCUT2D eigenvalue weighted by Crippen LogP contribution is -3.15. The third-order valence-electron chi connectivity index (χ3n) is 5.48. The van der Waals surface area contributed by atoms with E-state index in [-0.39, 0.29) is 11.8 Å². The van der Waals surface area contributed by atoms with Gasteiger partial charge in [-0.25, -0.2) is 0 Å². The van der Waals surface area contributed by atoms with E-state index in [1.54, 1.807) is 12.1 Å². The smallest absolute Gasteiger partial charge is 0.279 e. The van der Waals surface area contributed by atoms with Crippen LogP contribution in [0.3, 0.4) is 0 Å². The molecule has 2 aromatic rings. The third-order valence-corrected chi connectivity index (χ3v) is 5.48. The van der Waals surface area contributed by atoms with Gasteiger partial charge in [-0.15, -0.1) is 0 Å². The zero-order chi connectivity index (χ0) is 20.6. The lowest BCUT2D eigenvalue weighted by Gasteiger charge is -2.31. The van der Waals surface area contributed by atoms with Crippen LogP contribution in [0.1, 0.15) is 36.2 Å². The van der Waals surface area contributed by atoms with E-state index in [4.69, 9.17) is 0 Å². The molecule has 0 radical (unpaired) electrons. The average Bonchev–Trinajstić information content (AvgIpc) is 2.68. The fourth-order valence-electron chi connectivity index (χ4n) is 4.34. The summed E-state index contributed by atoms with van der Waals surface area (Å²) in [6.45, 7) is 7.56. The van der Waals surface area contributed by atoms with Crippen LogP contribution in [-0.2, 0) is 11.2 Å². The number of hydrogen-bond acceptors (Lipinski definition) is 2. The zero-order valence-corrected chi connectivity index (χ0v) is 17.4. The van der Waals surface area contributed by atoms with Crippen molar-refractivity contribution in [3.05, 3.63) is 65.7 Å². The van der Waals surface area contributed by atoms with Gasteiger partial charge in [0.1, 0.15) is 0 Å². The maximum Gasteiger partial charge on any atom is 0.279 e. The van der Waals surface area contributed by atoms with E-state index in [0.717, 1.165) is 19.5 Å². The maximum absolute atomic E-state index is 12.6. The highest BCUT2D eigenvalue weighted by atomic mass is 16.2. The molecular formula is C24H32N3O2+. The summed E-state index contributed by atoms with van der Waals surface area (Å²) in [6.07, 6.45) is 2.01. The second-order valence-corrected chi connectivity index (χ2v) is 8.37. The van der Waals surface area contributed by atoms with Crippen molar-refractivity contribution in [3.8, 4) is 0 Å². The minimum Gasteiger partial charge on any atom is -0.352 e. The van der Waals surface area contributed by atoms with Gasteiger partial charge in [-0.3, -0.25) is 9.59 Å². The molecule has 3 atom stereocenters. The molecule has 0 aromatic heterocycles. The molecule has 1 unspecified atom stereocenters. The summed E-state index contributed by atoms with van der Waals surface area (Å²) in [4.78, 5) is 26.6. The van der Waals surface area contributed by atoms with Gasteiger partial charge >= 0.3 is 0 Å². The van der Waals surface area contributed by atoms with Crippen molar-refractivity contribution in [3.63, 3.8) is 0 Å². The Bertz CT molecular complexity index is 812. The normalized spacial score (nSPS) is 21.4. The first-order valence-electron chi connectivity index (χ1n) is 10.6. The van der Waals surface area contributed by atoms with Crippen molar-refractivity contribution in [2.75, 3.05) is 31.5 Å². The summed E-state index contributed by atoms with van der Waals surface area (Å²) in [5, 5.41) is 5.91. The molecule has 0 spiro atoms. The number of piperidine rings is 1. The van der Waals surface area contributed by atoms with Crippen molar-refractivity contribution < 1.29 is 14.5 Å². The Labute approximate surface area is 173 Å². The molecule has 1 saturated heterocycles. The number of hydrogen-bond donors (Lipinski definition) is 3. The Balaban J connectivity index is 1.55. The highest BCUT2D eigenvalue weighted by Crippen LogP contribution is 2.15. The number of carbonyl (C=O) groups is 2. The van der Waals surface area contributed by atoms with Crippen molar-refractivity contribution in [2.24, 2.45) is 11.8 Å². The summed E-state index contributed by atoms with van der Waals surface area (Å²) >= 11 is 0. The molecule has 2 aromatic carbocycles. The van der Waals surface area contributed by atoms with Gasteiger partial charge in [0.25, 0.3) is 11.8 Å².